The second-order valence-electron chi connectivity index (χ2n) is 4.68. The molecule has 1 aliphatic rings. The van der Waals surface area contributed by atoms with Gasteiger partial charge in [-0.15, -0.1) is 0 Å². The molecule has 1 aromatic rings. The first-order valence-electron chi connectivity index (χ1n) is 6.24. The number of nitrogens with one attached hydrogen (secondary N) is 2. The maximum absolute atomic E-state index is 11.0. The minimum absolute atomic E-state index is 0.0905. The number of anilines is 2. The number of nitro groups is 1. The Bertz CT molecular complexity index is 466. The van der Waals surface area contributed by atoms with Crippen LogP contribution in [0.15, 0.2) is 6.20 Å². The number of nitrogens with zero attached hydrogens (tertiary/aromatic N) is 4. The molecule has 1 atom stereocenters. The Hall–Kier alpha value is -1.96. The molecule has 0 saturated carbocycles. The molecule has 1 fully saturated rings. The highest BCUT2D eigenvalue weighted by molar-refractivity contribution is 5.57. The van der Waals surface area contributed by atoms with E-state index in [0.29, 0.717) is 5.95 Å². The van der Waals surface area contributed by atoms with E-state index in [0.717, 1.165) is 25.9 Å². The highest BCUT2D eigenvalue weighted by Crippen LogP contribution is 2.24. The summed E-state index contributed by atoms with van der Waals surface area (Å²) >= 11 is 0. The average Bonchev–Trinajstić information content (AvgIpc) is 2.38. The van der Waals surface area contributed by atoms with Crippen LogP contribution < -0.4 is 10.6 Å². The van der Waals surface area contributed by atoms with Gasteiger partial charge in [-0.05, 0) is 26.4 Å². The zero-order valence-corrected chi connectivity index (χ0v) is 11.1. The van der Waals surface area contributed by atoms with Crippen LogP contribution in [0.25, 0.3) is 0 Å². The van der Waals surface area contributed by atoms with Gasteiger partial charge in [-0.1, -0.05) is 0 Å². The Kier molecular flexibility index (Phi) is 4.10. The molecule has 19 heavy (non-hydrogen) atoms. The summed E-state index contributed by atoms with van der Waals surface area (Å²) in [6, 6.07) is 0.178. The molecule has 2 N–H and O–H groups in total. The van der Waals surface area contributed by atoms with E-state index >= 15 is 0 Å². The van der Waals surface area contributed by atoms with Crippen molar-refractivity contribution >= 4 is 17.5 Å². The van der Waals surface area contributed by atoms with Crippen molar-refractivity contribution in [1.29, 1.82) is 0 Å². The maximum atomic E-state index is 11.0. The third kappa shape index (κ3) is 3.28. The van der Waals surface area contributed by atoms with E-state index in [-0.39, 0.29) is 17.5 Å². The Labute approximate surface area is 111 Å². The molecule has 0 spiro atoms. The van der Waals surface area contributed by atoms with Crippen LogP contribution in [0.3, 0.4) is 0 Å². The second-order valence-corrected chi connectivity index (χ2v) is 4.68. The molecule has 0 bridgehead atoms. The Morgan fingerprint density at radius 3 is 3.00 bits per heavy atom. The zero-order valence-electron chi connectivity index (χ0n) is 11.1. The summed E-state index contributed by atoms with van der Waals surface area (Å²) in [5.41, 5.74) is -0.0905. The van der Waals surface area contributed by atoms with Gasteiger partial charge in [0.25, 0.3) is 0 Å². The molecule has 1 aromatic heterocycles. The van der Waals surface area contributed by atoms with E-state index in [1.54, 1.807) is 7.05 Å². The van der Waals surface area contributed by atoms with Crippen molar-refractivity contribution in [2.75, 3.05) is 37.8 Å². The maximum Gasteiger partial charge on any atom is 0.329 e. The van der Waals surface area contributed by atoms with Crippen molar-refractivity contribution in [2.24, 2.45) is 0 Å². The van der Waals surface area contributed by atoms with Gasteiger partial charge in [-0.25, -0.2) is 4.98 Å². The Morgan fingerprint density at radius 2 is 2.37 bits per heavy atom. The van der Waals surface area contributed by atoms with E-state index in [4.69, 9.17) is 0 Å². The van der Waals surface area contributed by atoms with E-state index in [1.807, 2.05) is 7.05 Å². The quantitative estimate of drug-likeness (QED) is 0.618. The molecule has 1 aliphatic heterocycles. The van der Waals surface area contributed by atoms with Crippen LogP contribution in [0, 0.1) is 10.1 Å². The first-order valence-corrected chi connectivity index (χ1v) is 6.24. The topological polar surface area (TPSA) is 96.2 Å². The van der Waals surface area contributed by atoms with Crippen molar-refractivity contribution in [3.8, 4) is 0 Å². The highest BCUT2D eigenvalue weighted by Gasteiger charge is 2.23. The zero-order chi connectivity index (χ0) is 13.8. The predicted molar refractivity (Wildman–Crippen MR) is 72.4 cm³/mol. The molecule has 2 heterocycles. The van der Waals surface area contributed by atoms with Gasteiger partial charge < -0.3 is 15.5 Å². The summed E-state index contributed by atoms with van der Waals surface area (Å²) in [6.07, 6.45) is 3.29. The molecular formula is C11H18N6O2. The van der Waals surface area contributed by atoms with Gasteiger partial charge >= 0.3 is 5.69 Å². The number of aromatic nitrogens is 2. The van der Waals surface area contributed by atoms with Crippen molar-refractivity contribution < 1.29 is 4.92 Å². The van der Waals surface area contributed by atoms with E-state index in [1.165, 1.54) is 6.20 Å². The standard InChI is InChI=1S/C11H18N6O2/c1-12-11-13-6-9(17(18)19)10(15-11)14-8-4-3-5-16(2)7-8/h6,8H,3-5,7H2,1-2H3,(H2,12,13,14,15). The van der Waals surface area contributed by atoms with Crippen LogP contribution >= 0.6 is 0 Å². The smallest absolute Gasteiger partial charge is 0.329 e. The fourth-order valence-corrected chi connectivity index (χ4v) is 2.21. The van der Waals surface area contributed by atoms with E-state index in [2.05, 4.69) is 25.5 Å². The van der Waals surface area contributed by atoms with Gasteiger partial charge in [0.15, 0.2) is 0 Å². The summed E-state index contributed by atoms with van der Waals surface area (Å²) in [6.45, 7) is 1.92. The van der Waals surface area contributed by atoms with Crippen molar-refractivity contribution in [2.45, 2.75) is 18.9 Å². The molecule has 0 amide bonds. The summed E-state index contributed by atoms with van der Waals surface area (Å²) < 4.78 is 0. The number of hydrogen-bond acceptors (Lipinski definition) is 7. The third-order valence-corrected chi connectivity index (χ3v) is 3.16. The summed E-state index contributed by atoms with van der Waals surface area (Å²) in [7, 11) is 3.72. The van der Waals surface area contributed by atoms with Crippen molar-refractivity contribution in [1.82, 2.24) is 14.9 Å². The van der Waals surface area contributed by atoms with Crippen LogP contribution in [0.5, 0.6) is 0 Å². The van der Waals surface area contributed by atoms with Gasteiger partial charge in [-0.2, -0.15) is 4.98 Å². The van der Waals surface area contributed by atoms with Gasteiger partial charge in [0.05, 0.1) is 4.92 Å². The monoisotopic (exact) mass is 266 g/mol. The molecule has 0 aliphatic carbocycles. The van der Waals surface area contributed by atoms with E-state index in [9.17, 15) is 10.1 Å². The molecule has 1 unspecified atom stereocenters. The summed E-state index contributed by atoms with van der Waals surface area (Å²) in [4.78, 5) is 20.7. The molecule has 0 radical (unpaired) electrons. The molecule has 8 nitrogen and oxygen atoms in total. The molecule has 8 heteroatoms. The van der Waals surface area contributed by atoms with Gasteiger partial charge in [0, 0.05) is 19.6 Å². The fraction of sp³-hybridized carbons (Fsp3) is 0.636. The Balaban J connectivity index is 2.19. The van der Waals surface area contributed by atoms with Crippen LogP contribution in [0.1, 0.15) is 12.8 Å². The van der Waals surface area contributed by atoms with Crippen molar-refractivity contribution in [3.63, 3.8) is 0 Å². The molecule has 0 aromatic carbocycles. The van der Waals surface area contributed by atoms with Crippen LogP contribution in [-0.2, 0) is 0 Å². The largest absolute Gasteiger partial charge is 0.360 e. The Morgan fingerprint density at radius 1 is 1.58 bits per heavy atom. The molecule has 2 rings (SSSR count). The van der Waals surface area contributed by atoms with Crippen LogP contribution in [-0.4, -0.2) is 53.0 Å². The summed E-state index contributed by atoms with van der Waals surface area (Å²) in [5, 5.41) is 16.9. The van der Waals surface area contributed by atoms with Gasteiger partial charge in [0.1, 0.15) is 6.20 Å². The minimum Gasteiger partial charge on any atom is -0.360 e. The minimum atomic E-state index is -0.464. The predicted octanol–water partition coefficient (Wildman–Crippen LogP) is 0.933. The molecule has 104 valence electrons. The second kappa shape index (κ2) is 5.79. The number of piperidine rings is 1. The molecular weight excluding hydrogens is 248 g/mol. The number of likely N-dealkylation sites (tertiary alicyclic amines) is 1. The highest BCUT2D eigenvalue weighted by atomic mass is 16.6. The first kappa shape index (κ1) is 13.5. The lowest BCUT2D eigenvalue weighted by Gasteiger charge is -2.30. The number of likely N-dealkylation sites (N-methyl/N-ethyl adjacent to an activating group) is 1. The average molecular weight is 266 g/mol. The van der Waals surface area contributed by atoms with Gasteiger partial charge in [-0.3, -0.25) is 10.1 Å². The lowest BCUT2D eigenvalue weighted by atomic mass is 10.1. The SMILES string of the molecule is CNc1ncc([N+](=O)[O-])c(NC2CCCN(C)C2)n1. The van der Waals surface area contributed by atoms with Gasteiger partial charge in [0.2, 0.25) is 11.8 Å². The van der Waals surface area contributed by atoms with Crippen LogP contribution in [0.2, 0.25) is 0 Å². The third-order valence-electron chi connectivity index (χ3n) is 3.16. The lowest BCUT2D eigenvalue weighted by Crippen LogP contribution is -2.40. The van der Waals surface area contributed by atoms with Crippen LogP contribution in [0.4, 0.5) is 17.5 Å². The van der Waals surface area contributed by atoms with E-state index < -0.39 is 4.92 Å². The van der Waals surface area contributed by atoms with Crippen molar-refractivity contribution in [3.05, 3.63) is 16.3 Å². The normalized spacial score (nSPS) is 20.0. The number of hydrogen-bond donors (Lipinski definition) is 2. The fourth-order valence-electron chi connectivity index (χ4n) is 2.21. The molecule has 1 saturated heterocycles. The first-order chi connectivity index (χ1) is 9.10. The lowest BCUT2D eigenvalue weighted by molar-refractivity contribution is -0.384. The number of rotatable bonds is 4. The summed E-state index contributed by atoms with van der Waals surface area (Å²) in [5.74, 6) is 0.655.